The van der Waals surface area contributed by atoms with Crippen LogP contribution < -0.4 is 4.74 Å². The van der Waals surface area contributed by atoms with Gasteiger partial charge in [-0.15, -0.1) is 0 Å². The van der Waals surface area contributed by atoms with Gasteiger partial charge in [-0.1, -0.05) is 37.8 Å². The van der Waals surface area contributed by atoms with Crippen LogP contribution in [0.5, 0.6) is 5.75 Å². The van der Waals surface area contributed by atoms with Crippen LogP contribution in [0, 0.1) is 16.7 Å². The summed E-state index contributed by atoms with van der Waals surface area (Å²) in [5.41, 5.74) is 0.143. The fourth-order valence-electron chi connectivity index (χ4n) is 3.15. The molecular formula is C18H25NO2. The van der Waals surface area contributed by atoms with Gasteiger partial charge >= 0.3 is 0 Å². The van der Waals surface area contributed by atoms with Crippen molar-refractivity contribution in [3.8, 4) is 11.8 Å². The lowest BCUT2D eigenvalue weighted by Gasteiger charge is -2.31. The van der Waals surface area contributed by atoms with Crippen LogP contribution in [-0.4, -0.2) is 11.2 Å². The molecule has 1 aliphatic carbocycles. The smallest absolute Gasteiger partial charge is 0.120 e. The van der Waals surface area contributed by atoms with Crippen LogP contribution in [0.2, 0.25) is 0 Å². The summed E-state index contributed by atoms with van der Waals surface area (Å²) in [6, 6.07) is 9.96. The van der Waals surface area contributed by atoms with E-state index < -0.39 is 11.5 Å². The Morgan fingerprint density at radius 2 is 1.86 bits per heavy atom. The van der Waals surface area contributed by atoms with Gasteiger partial charge in [0.05, 0.1) is 23.7 Å². The van der Waals surface area contributed by atoms with Crippen molar-refractivity contribution >= 4 is 0 Å². The molecule has 0 aromatic heterocycles. The van der Waals surface area contributed by atoms with E-state index in [2.05, 4.69) is 6.07 Å². The van der Waals surface area contributed by atoms with Gasteiger partial charge in [-0.05, 0) is 44.4 Å². The third-order valence-corrected chi connectivity index (χ3v) is 4.29. The summed E-state index contributed by atoms with van der Waals surface area (Å²) >= 11 is 0. The Balaban J connectivity index is 2.24. The zero-order valence-electron chi connectivity index (χ0n) is 13.0. The van der Waals surface area contributed by atoms with Crippen molar-refractivity contribution in [1.82, 2.24) is 0 Å². The first-order valence-electron chi connectivity index (χ1n) is 7.93. The number of ether oxygens (including phenoxy) is 1. The average Bonchev–Trinajstić information content (AvgIpc) is 2.72. The largest absolute Gasteiger partial charge is 0.491 e. The van der Waals surface area contributed by atoms with Gasteiger partial charge in [0.1, 0.15) is 5.75 Å². The van der Waals surface area contributed by atoms with Crippen molar-refractivity contribution in [3.05, 3.63) is 29.8 Å². The van der Waals surface area contributed by atoms with Gasteiger partial charge in [-0.3, -0.25) is 0 Å². The first-order chi connectivity index (χ1) is 10.1. The third-order valence-electron chi connectivity index (χ3n) is 4.29. The van der Waals surface area contributed by atoms with E-state index in [1.807, 2.05) is 38.1 Å². The highest BCUT2D eigenvalue weighted by Crippen LogP contribution is 2.45. The molecule has 114 valence electrons. The van der Waals surface area contributed by atoms with E-state index in [4.69, 9.17) is 4.74 Å². The van der Waals surface area contributed by atoms with E-state index in [9.17, 15) is 10.4 Å². The molecular weight excluding hydrogens is 262 g/mol. The van der Waals surface area contributed by atoms with Gasteiger partial charge in [0.15, 0.2) is 0 Å². The molecule has 1 atom stereocenters. The minimum atomic E-state index is -0.740. The second kappa shape index (κ2) is 6.95. The Kier molecular flexibility index (Phi) is 5.25. The predicted octanol–water partition coefficient (Wildman–Crippen LogP) is 4.37. The first kappa shape index (κ1) is 15.9. The third kappa shape index (κ3) is 3.77. The van der Waals surface area contributed by atoms with E-state index >= 15 is 0 Å². The van der Waals surface area contributed by atoms with E-state index in [1.165, 1.54) is 0 Å². The van der Waals surface area contributed by atoms with E-state index in [0.29, 0.717) is 0 Å². The van der Waals surface area contributed by atoms with Crippen molar-refractivity contribution in [2.75, 3.05) is 0 Å². The molecule has 2 rings (SSSR count). The van der Waals surface area contributed by atoms with E-state index in [1.54, 1.807) is 0 Å². The number of hydrogen-bond acceptors (Lipinski definition) is 3. The van der Waals surface area contributed by atoms with Crippen molar-refractivity contribution in [2.45, 2.75) is 64.6 Å². The minimum absolute atomic E-state index is 0.0974. The molecule has 1 N–H and O–H groups in total. The molecule has 1 saturated carbocycles. The lowest BCUT2D eigenvalue weighted by atomic mass is 9.74. The predicted molar refractivity (Wildman–Crippen MR) is 82.9 cm³/mol. The van der Waals surface area contributed by atoms with Crippen molar-refractivity contribution in [3.63, 3.8) is 0 Å². The summed E-state index contributed by atoms with van der Waals surface area (Å²) in [4.78, 5) is 0. The molecule has 3 nitrogen and oxygen atoms in total. The Morgan fingerprint density at radius 3 is 2.43 bits per heavy atom. The van der Waals surface area contributed by atoms with Gasteiger partial charge < -0.3 is 9.84 Å². The molecule has 1 aliphatic rings. The van der Waals surface area contributed by atoms with Crippen LogP contribution in [0.3, 0.4) is 0 Å². The lowest BCUT2D eigenvalue weighted by molar-refractivity contribution is 0.0513. The molecule has 1 aromatic rings. The summed E-state index contributed by atoms with van der Waals surface area (Å²) in [6.07, 6.45) is 5.27. The highest BCUT2D eigenvalue weighted by atomic mass is 16.5. The highest BCUT2D eigenvalue weighted by Gasteiger charge is 2.39. The fraction of sp³-hybridized carbons (Fsp3) is 0.611. The molecule has 1 aromatic carbocycles. The maximum Gasteiger partial charge on any atom is 0.120 e. The molecule has 1 fully saturated rings. The topological polar surface area (TPSA) is 53.2 Å². The molecule has 0 spiro atoms. The van der Waals surface area contributed by atoms with Crippen molar-refractivity contribution in [2.24, 2.45) is 5.41 Å². The number of nitriles is 1. The Labute approximate surface area is 127 Å². The first-order valence-corrected chi connectivity index (χ1v) is 7.93. The number of rotatable bonds is 4. The molecule has 1 unspecified atom stereocenters. The average molecular weight is 287 g/mol. The second-order valence-electron chi connectivity index (χ2n) is 6.32. The molecule has 0 saturated heterocycles. The monoisotopic (exact) mass is 287 g/mol. The quantitative estimate of drug-likeness (QED) is 0.836. The fourth-order valence-corrected chi connectivity index (χ4v) is 3.15. The van der Waals surface area contributed by atoms with E-state index in [-0.39, 0.29) is 6.10 Å². The summed E-state index contributed by atoms with van der Waals surface area (Å²) in [5.74, 6) is 0.753. The number of benzene rings is 1. The Bertz CT molecular complexity index is 496. The summed E-state index contributed by atoms with van der Waals surface area (Å²) < 4.78 is 5.69. The van der Waals surface area contributed by atoms with Crippen LogP contribution >= 0.6 is 0 Å². The Hall–Kier alpha value is -1.53. The summed E-state index contributed by atoms with van der Waals surface area (Å²) in [6.45, 7) is 3.95. The summed E-state index contributed by atoms with van der Waals surface area (Å²) in [5, 5.41) is 20.5. The van der Waals surface area contributed by atoms with Crippen molar-refractivity contribution < 1.29 is 9.84 Å². The molecule has 0 aliphatic heterocycles. The van der Waals surface area contributed by atoms with Gasteiger partial charge in [0, 0.05) is 0 Å². The van der Waals surface area contributed by atoms with Crippen LogP contribution in [-0.2, 0) is 0 Å². The van der Waals surface area contributed by atoms with Crippen LogP contribution in [0.25, 0.3) is 0 Å². The zero-order chi connectivity index (χ0) is 15.3. The van der Waals surface area contributed by atoms with Gasteiger partial charge in [-0.2, -0.15) is 5.26 Å². The van der Waals surface area contributed by atoms with Crippen molar-refractivity contribution in [1.29, 1.82) is 5.26 Å². The maximum absolute atomic E-state index is 10.8. The molecule has 0 heterocycles. The van der Waals surface area contributed by atoms with Crippen LogP contribution in [0.1, 0.15) is 64.0 Å². The molecule has 3 heteroatoms. The van der Waals surface area contributed by atoms with Gasteiger partial charge in [0.25, 0.3) is 0 Å². The number of aliphatic hydroxyl groups excluding tert-OH is 1. The normalized spacial score (nSPS) is 19.6. The molecule has 0 radical (unpaired) electrons. The minimum Gasteiger partial charge on any atom is -0.491 e. The van der Waals surface area contributed by atoms with E-state index in [0.717, 1.165) is 49.8 Å². The zero-order valence-corrected chi connectivity index (χ0v) is 13.0. The van der Waals surface area contributed by atoms with Crippen LogP contribution in [0.15, 0.2) is 24.3 Å². The number of aliphatic hydroxyl groups is 1. The standard InChI is InChI=1S/C18H25NO2/c1-14(2)21-16-9-7-8-15(12-16)17(20)18(13-19)10-5-3-4-6-11-18/h7-9,12,14,17,20H,3-6,10-11H2,1-2H3. The Morgan fingerprint density at radius 1 is 1.19 bits per heavy atom. The van der Waals surface area contributed by atoms with Crippen LogP contribution in [0.4, 0.5) is 0 Å². The SMILES string of the molecule is CC(C)Oc1cccc(C(O)C2(C#N)CCCCCC2)c1. The van der Waals surface area contributed by atoms with Gasteiger partial charge in [0.2, 0.25) is 0 Å². The second-order valence-corrected chi connectivity index (χ2v) is 6.32. The maximum atomic E-state index is 10.8. The number of hydrogen-bond donors (Lipinski definition) is 1. The number of nitrogens with zero attached hydrogens (tertiary/aromatic N) is 1. The molecule has 0 bridgehead atoms. The summed E-state index contributed by atoms with van der Waals surface area (Å²) in [7, 11) is 0. The van der Waals surface area contributed by atoms with Gasteiger partial charge in [-0.25, -0.2) is 0 Å². The molecule has 0 amide bonds. The highest BCUT2D eigenvalue weighted by molar-refractivity contribution is 5.32. The molecule has 21 heavy (non-hydrogen) atoms. The lowest BCUT2D eigenvalue weighted by Crippen LogP contribution is -2.27.